The number of carbonyl (C=O) groups excluding carboxylic acids is 1. The Kier molecular flexibility index (Phi) is 12.9. The van der Waals surface area contributed by atoms with Crippen LogP contribution in [0.3, 0.4) is 0 Å². The van der Waals surface area contributed by atoms with Gasteiger partial charge in [-0.3, -0.25) is 9.79 Å². The molecule has 7 heteroatoms. The Bertz CT molecular complexity index is 604. The third-order valence-electron chi connectivity index (χ3n) is 4.82. The molecule has 0 atom stereocenters. The van der Waals surface area contributed by atoms with Gasteiger partial charge in [-0.1, -0.05) is 31.4 Å². The summed E-state index contributed by atoms with van der Waals surface area (Å²) in [6, 6.07) is 8.00. The SMILES string of the molecule is CCOCCCNC(=NC)NCc1cccc(NC(=O)C2CCCCC2)c1.I. The van der Waals surface area contributed by atoms with Gasteiger partial charge < -0.3 is 20.7 Å². The van der Waals surface area contributed by atoms with Crippen LogP contribution < -0.4 is 16.0 Å². The van der Waals surface area contributed by atoms with Crippen LogP contribution in [0.5, 0.6) is 0 Å². The van der Waals surface area contributed by atoms with E-state index in [2.05, 4.69) is 20.9 Å². The van der Waals surface area contributed by atoms with Gasteiger partial charge in [-0.2, -0.15) is 0 Å². The zero-order valence-corrected chi connectivity index (χ0v) is 19.5. The second-order valence-corrected chi connectivity index (χ2v) is 6.93. The Labute approximate surface area is 186 Å². The number of ether oxygens (including phenoxy) is 1. The first kappa shape index (κ1) is 24.7. The summed E-state index contributed by atoms with van der Waals surface area (Å²) in [7, 11) is 1.76. The average molecular weight is 502 g/mol. The molecule has 28 heavy (non-hydrogen) atoms. The van der Waals surface area contributed by atoms with Gasteiger partial charge in [0, 0.05) is 45.0 Å². The molecule has 3 N–H and O–H groups in total. The number of aliphatic imine (C=N–C) groups is 1. The predicted octanol–water partition coefficient (Wildman–Crippen LogP) is 3.92. The lowest BCUT2D eigenvalue weighted by molar-refractivity contribution is -0.120. The van der Waals surface area contributed by atoms with E-state index in [4.69, 9.17) is 4.74 Å². The van der Waals surface area contributed by atoms with E-state index in [9.17, 15) is 4.79 Å². The molecule has 1 aromatic rings. The molecule has 2 rings (SSSR count). The van der Waals surface area contributed by atoms with Crippen LogP contribution in [0.25, 0.3) is 0 Å². The number of benzene rings is 1. The average Bonchev–Trinajstić information content (AvgIpc) is 2.71. The second-order valence-electron chi connectivity index (χ2n) is 6.93. The molecule has 1 aliphatic carbocycles. The number of hydrogen-bond donors (Lipinski definition) is 3. The Hall–Kier alpha value is -1.35. The number of rotatable bonds is 9. The highest BCUT2D eigenvalue weighted by atomic mass is 127. The molecule has 1 saturated carbocycles. The van der Waals surface area contributed by atoms with E-state index >= 15 is 0 Å². The second kappa shape index (κ2) is 14.6. The molecule has 0 heterocycles. The van der Waals surface area contributed by atoms with Crippen molar-refractivity contribution in [2.24, 2.45) is 10.9 Å². The zero-order valence-electron chi connectivity index (χ0n) is 17.1. The topological polar surface area (TPSA) is 74.8 Å². The highest BCUT2D eigenvalue weighted by molar-refractivity contribution is 14.0. The summed E-state index contributed by atoms with van der Waals surface area (Å²) >= 11 is 0. The summed E-state index contributed by atoms with van der Waals surface area (Å²) in [4.78, 5) is 16.7. The zero-order chi connectivity index (χ0) is 19.3. The normalized spacial score (nSPS) is 14.9. The Morgan fingerprint density at radius 1 is 1.21 bits per heavy atom. The van der Waals surface area contributed by atoms with Crippen LogP contribution in [0.1, 0.15) is 51.0 Å². The maximum atomic E-state index is 12.4. The van der Waals surface area contributed by atoms with Crippen LogP contribution in [0.2, 0.25) is 0 Å². The van der Waals surface area contributed by atoms with Crippen LogP contribution in [0, 0.1) is 5.92 Å². The van der Waals surface area contributed by atoms with E-state index < -0.39 is 0 Å². The molecule has 0 spiro atoms. The number of anilines is 1. The number of carbonyl (C=O) groups is 1. The molecule has 0 unspecified atom stereocenters. The van der Waals surface area contributed by atoms with Gasteiger partial charge in [0.05, 0.1) is 0 Å². The fourth-order valence-electron chi connectivity index (χ4n) is 3.30. The molecule has 0 radical (unpaired) electrons. The molecule has 0 aliphatic heterocycles. The third kappa shape index (κ3) is 9.23. The summed E-state index contributed by atoms with van der Waals surface area (Å²) in [6.45, 7) is 4.97. The van der Waals surface area contributed by atoms with E-state index in [1.54, 1.807) is 7.05 Å². The van der Waals surface area contributed by atoms with Crippen molar-refractivity contribution >= 4 is 41.5 Å². The van der Waals surface area contributed by atoms with E-state index in [0.29, 0.717) is 6.54 Å². The summed E-state index contributed by atoms with van der Waals surface area (Å²) in [5.74, 6) is 1.09. The standard InChI is InChI=1S/C21H34N4O2.HI/c1-3-27-14-8-13-23-21(22-2)24-16-17-9-7-12-19(15-17)25-20(26)18-10-5-4-6-11-18;/h7,9,12,15,18H,3-6,8,10-11,13-14,16H2,1-2H3,(H,25,26)(H2,22,23,24);1H. The highest BCUT2D eigenvalue weighted by Gasteiger charge is 2.20. The fourth-order valence-corrected chi connectivity index (χ4v) is 3.30. The van der Waals surface area contributed by atoms with E-state index in [0.717, 1.165) is 56.2 Å². The molecule has 0 aromatic heterocycles. The van der Waals surface area contributed by atoms with Gasteiger partial charge in [-0.05, 0) is 43.9 Å². The molecule has 0 bridgehead atoms. The maximum absolute atomic E-state index is 12.4. The molecular formula is C21H35IN4O2. The quantitative estimate of drug-likeness (QED) is 0.207. The number of amides is 1. The molecule has 158 valence electrons. The fraction of sp³-hybridized carbons (Fsp3) is 0.619. The van der Waals surface area contributed by atoms with Gasteiger partial charge in [0.15, 0.2) is 5.96 Å². The molecule has 6 nitrogen and oxygen atoms in total. The molecule has 1 aliphatic rings. The van der Waals surface area contributed by atoms with Gasteiger partial charge in [-0.15, -0.1) is 24.0 Å². The highest BCUT2D eigenvalue weighted by Crippen LogP contribution is 2.25. The van der Waals surface area contributed by atoms with Crippen molar-refractivity contribution in [2.45, 2.75) is 52.0 Å². The van der Waals surface area contributed by atoms with Gasteiger partial charge in [0.1, 0.15) is 0 Å². The van der Waals surface area contributed by atoms with Crippen LogP contribution >= 0.6 is 24.0 Å². The molecule has 1 fully saturated rings. The van der Waals surface area contributed by atoms with Crippen molar-refractivity contribution < 1.29 is 9.53 Å². The number of nitrogens with zero attached hydrogens (tertiary/aromatic N) is 1. The summed E-state index contributed by atoms with van der Waals surface area (Å²) in [5.41, 5.74) is 1.97. The van der Waals surface area contributed by atoms with Crippen molar-refractivity contribution in [1.82, 2.24) is 10.6 Å². The minimum Gasteiger partial charge on any atom is -0.382 e. The van der Waals surface area contributed by atoms with Gasteiger partial charge in [0.2, 0.25) is 5.91 Å². The molecular weight excluding hydrogens is 467 g/mol. The number of guanidine groups is 1. The number of hydrogen-bond acceptors (Lipinski definition) is 3. The summed E-state index contributed by atoms with van der Waals surface area (Å²) < 4.78 is 5.33. The van der Waals surface area contributed by atoms with E-state index in [1.807, 2.05) is 31.2 Å². The van der Waals surface area contributed by atoms with Crippen molar-refractivity contribution in [1.29, 1.82) is 0 Å². The van der Waals surface area contributed by atoms with E-state index in [-0.39, 0.29) is 35.8 Å². The Balaban J connectivity index is 0.00000392. The number of nitrogens with one attached hydrogen (secondary N) is 3. The lowest BCUT2D eigenvalue weighted by atomic mass is 9.88. The predicted molar refractivity (Wildman–Crippen MR) is 126 cm³/mol. The van der Waals surface area contributed by atoms with Crippen molar-refractivity contribution in [2.75, 3.05) is 32.1 Å². The minimum atomic E-state index is 0. The first-order valence-corrected chi connectivity index (χ1v) is 10.1. The molecule has 1 amide bonds. The summed E-state index contributed by atoms with van der Waals surface area (Å²) in [5, 5.41) is 9.66. The van der Waals surface area contributed by atoms with Crippen molar-refractivity contribution in [3.05, 3.63) is 29.8 Å². The Morgan fingerprint density at radius 3 is 2.71 bits per heavy atom. The van der Waals surface area contributed by atoms with Gasteiger partial charge in [0.25, 0.3) is 0 Å². The monoisotopic (exact) mass is 502 g/mol. The minimum absolute atomic E-state index is 0. The lowest BCUT2D eigenvalue weighted by Crippen LogP contribution is -2.37. The first-order chi connectivity index (χ1) is 13.2. The Morgan fingerprint density at radius 2 is 2.00 bits per heavy atom. The van der Waals surface area contributed by atoms with Crippen molar-refractivity contribution in [3.63, 3.8) is 0 Å². The van der Waals surface area contributed by atoms with Crippen molar-refractivity contribution in [3.8, 4) is 0 Å². The number of halogens is 1. The maximum Gasteiger partial charge on any atom is 0.227 e. The third-order valence-corrected chi connectivity index (χ3v) is 4.82. The van der Waals surface area contributed by atoms with Crippen LogP contribution in [0.15, 0.2) is 29.3 Å². The smallest absolute Gasteiger partial charge is 0.227 e. The van der Waals surface area contributed by atoms with Crippen LogP contribution in [-0.2, 0) is 16.1 Å². The van der Waals surface area contributed by atoms with E-state index in [1.165, 1.54) is 19.3 Å². The van der Waals surface area contributed by atoms with Gasteiger partial charge in [-0.25, -0.2) is 0 Å². The van der Waals surface area contributed by atoms with Crippen LogP contribution in [-0.4, -0.2) is 38.7 Å². The lowest BCUT2D eigenvalue weighted by Gasteiger charge is -2.21. The molecule has 0 saturated heterocycles. The molecule has 1 aromatic carbocycles. The summed E-state index contributed by atoms with van der Waals surface area (Å²) in [6.07, 6.45) is 6.55. The van der Waals surface area contributed by atoms with Gasteiger partial charge >= 0.3 is 0 Å². The first-order valence-electron chi connectivity index (χ1n) is 10.1. The van der Waals surface area contributed by atoms with Crippen LogP contribution in [0.4, 0.5) is 5.69 Å². The largest absolute Gasteiger partial charge is 0.382 e.